The van der Waals surface area contributed by atoms with Gasteiger partial charge in [0.2, 0.25) is 0 Å². The molecule has 1 rings (SSSR count). The first-order chi connectivity index (χ1) is 6.20. The second-order valence-electron chi connectivity index (χ2n) is 4.59. The van der Waals surface area contributed by atoms with Crippen LogP contribution in [0.15, 0.2) is 0 Å². The molecule has 13 heavy (non-hydrogen) atoms. The van der Waals surface area contributed by atoms with Crippen LogP contribution >= 0.6 is 11.6 Å². The van der Waals surface area contributed by atoms with Crippen LogP contribution in [-0.4, -0.2) is 18.5 Å². The summed E-state index contributed by atoms with van der Waals surface area (Å²) in [6.45, 7) is 6.81. The average molecular weight is 204 g/mol. The van der Waals surface area contributed by atoms with Crippen molar-refractivity contribution in [1.82, 2.24) is 5.32 Å². The van der Waals surface area contributed by atoms with Gasteiger partial charge in [-0.2, -0.15) is 0 Å². The molecular weight excluding hydrogens is 182 g/mol. The highest BCUT2D eigenvalue weighted by molar-refractivity contribution is 6.20. The molecule has 0 aromatic carbocycles. The lowest BCUT2D eigenvalue weighted by Gasteiger charge is -2.14. The van der Waals surface area contributed by atoms with E-state index in [2.05, 4.69) is 19.2 Å². The predicted molar refractivity (Wildman–Crippen MR) is 59.3 cm³/mol. The Morgan fingerprint density at radius 2 is 2.15 bits per heavy atom. The topological polar surface area (TPSA) is 12.0 Å². The maximum absolute atomic E-state index is 6.18. The second-order valence-corrected chi connectivity index (χ2v) is 5.15. The van der Waals surface area contributed by atoms with E-state index >= 15 is 0 Å². The van der Waals surface area contributed by atoms with Crippen LogP contribution in [0.2, 0.25) is 0 Å². The van der Waals surface area contributed by atoms with Gasteiger partial charge in [0.15, 0.2) is 0 Å². The Morgan fingerprint density at radius 3 is 2.69 bits per heavy atom. The lowest BCUT2D eigenvalue weighted by Crippen LogP contribution is -2.26. The molecule has 0 radical (unpaired) electrons. The Hall–Kier alpha value is 0.250. The average Bonchev–Trinajstić information content (AvgIpc) is 2.45. The van der Waals surface area contributed by atoms with E-state index in [1.165, 1.54) is 25.7 Å². The lowest BCUT2D eigenvalue weighted by molar-refractivity contribution is 0.466. The van der Waals surface area contributed by atoms with Crippen LogP contribution in [0.25, 0.3) is 0 Å². The number of hydrogen-bond acceptors (Lipinski definition) is 1. The van der Waals surface area contributed by atoms with Gasteiger partial charge in [0.25, 0.3) is 0 Å². The number of rotatable bonds is 5. The van der Waals surface area contributed by atoms with Crippen molar-refractivity contribution >= 4 is 11.6 Å². The van der Waals surface area contributed by atoms with Gasteiger partial charge in [0.05, 0.1) is 0 Å². The van der Waals surface area contributed by atoms with Crippen molar-refractivity contribution in [3.8, 4) is 0 Å². The standard InChI is InChI=1S/C11H22ClN/c1-9(2)6-7-13-8-10-4-3-5-11(10)12/h9-11,13H,3-8H2,1-2H3. The molecule has 1 aliphatic carbocycles. The maximum Gasteiger partial charge on any atom is 0.0376 e. The van der Waals surface area contributed by atoms with Gasteiger partial charge in [-0.1, -0.05) is 20.3 Å². The number of alkyl halides is 1. The van der Waals surface area contributed by atoms with Crippen LogP contribution in [-0.2, 0) is 0 Å². The summed E-state index contributed by atoms with van der Waals surface area (Å²) in [5.74, 6) is 1.54. The Labute approximate surface area is 87.2 Å². The minimum atomic E-state index is 0.437. The number of hydrogen-bond donors (Lipinski definition) is 1. The normalized spacial score (nSPS) is 28.6. The molecule has 78 valence electrons. The molecule has 0 amide bonds. The van der Waals surface area contributed by atoms with Crippen molar-refractivity contribution in [2.45, 2.75) is 44.9 Å². The molecule has 0 aromatic rings. The third kappa shape index (κ3) is 4.33. The van der Waals surface area contributed by atoms with Gasteiger partial charge in [0, 0.05) is 5.38 Å². The van der Waals surface area contributed by atoms with Gasteiger partial charge < -0.3 is 5.32 Å². The highest BCUT2D eigenvalue weighted by Gasteiger charge is 2.24. The predicted octanol–water partition coefficient (Wildman–Crippen LogP) is 3.03. The fraction of sp³-hybridized carbons (Fsp3) is 1.00. The Balaban J connectivity index is 1.99. The van der Waals surface area contributed by atoms with Crippen LogP contribution < -0.4 is 5.32 Å². The van der Waals surface area contributed by atoms with E-state index in [4.69, 9.17) is 11.6 Å². The number of halogens is 1. The molecule has 2 heteroatoms. The molecule has 0 heterocycles. The molecule has 1 nitrogen and oxygen atoms in total. The minimum Gasteiger partial charge on any atom is -0.316 e. The Bertz CT molecular complexity index is 136. The summed E-state index contributed by atoms with van der Waals surface area (Å²) in [5.41, 5.74) is 0. The monoisotopic (exact) mass is 203 g/mol. The maximum atomic E-state index is 6.18. The smallest absolute Gasteiger partial charge is 0.0376 e. The third-order valence-electron chi connectivity index (χ3n) is 2.87. The van der Waals surface area contributed by atoms with E-state index < -0.39 is 0 Å². The quantitative estimate of drug-likeness (QED) is 0.535. The van der Waals surface area contributed by atoms with Crippen molar-refractivity contribution in [3.05, 3.63) is 0 Å². The summed E-state index contributed by atoms with van der Waals surface area (Å²) in [5, 5.41) is 3.94. The Kier molecular flexibility index (Phi) is 5.12. The molecule has 1 fully saturated rings. The highest BCUT2D eigenvalue weighted by Crippen LogP contribution is 2.29. The van der Waals surface area contributed by atoms with E-state index in [0.29, 0.717) is 5.38 Å². The molecule has 2 atom stereocenters. The van der Waals surface area contributed by atoms with E-state index in [1.807, 2.05) is 0 Å². The summed E-state index contributed by atoms with van der Waals surface area (Å²) >= 11 is 6.18. The third-order valence-corrected chi connectivity index (χ3v) is 3.45. The molecular formula is C11H22ClN. The van der Waals surface area contributed by atoms with Crippen LogP contribution in [0, 0.1) is 11.8 Å². The largest absolute Gasteiger partial charge is 0.316 e. The molecule has 0 bridgehead atoms. The van der Waals surface area contributed by atoms with Crippen molar-refractivity contribution in [3.63, 3.8) is 0 Å². The van der Waals surface area contributed by atoms with Crippen LogP contribution in [0.1, 0.15) is 39.5 Å². The Morgan fingerprint density at radius 1 is 1.38 bits per heavy atom. The number of nitrogens with one attached hydrogen (secondary N) is 1. The first-order valence-electron chi connectivity index (χ1n) is 5.55. The highest BCUT2D eigenvalue weighted by atomic mass is 35.5. The van der Waals surface area contributed by atoms with E-state index in [-0.39, 0.29) is 0 Å². The van der Waals surface area contributed by atoms with E-state index in [9.17, 15) is 0 Å². The second kappa shape index (κ2) is 5.87. The molecule has 1 N–H and O–H groups in total. The van der Waals surface area contributed by atoms with Crippen molar-refractivity contribution in [1.29, 1.82) is 0 Å². The zero-order valence-electron chi connectivity index (χ0n) is 8.85. The van der Waals surface area contributed by atoms with Gasteiger partial charge >= 0.3 is 0 Å². The summed E-state index contributed by atoms with van der Waals surface area (Å²) in [7, 11) is 0. The summed E-state index contributed by atoms with van der Waals surface area (Å²) in [6, 6.07) is 0. The van der Waals surface area contributed by atoms with E-state index in [1.54, 1.807) is 0 Å². The minimum absolute atomic E-state index is 0.437. The molecule has 0 aliphatic heterocycles. The summed E-state index contributed by atoms with van der Waals surface area (Å²) < 4.78 is 0. The summed E-state index contributed by atoms with van der Waals surface area (Å²) in [4.78, 5) is 0. The van der Waals surface area contributed by atoms with Crippen LogP contribution in [0.5, 0.6) is 0 Å². The molecule has 1 saturated carbocycles. The van der Waals surface area contributed by atoms with E-state index in [0.717, 1.165) is 24.9 Å². The van der Waals surface area contributed by atoms with Crippen molar-refractivity contribution in [2.75, 3.05) is 13.1 Å². The SMILES string of the molecule is CC(C)CCNCC1CCCC1Cl. The van der Waals surface area contributed by atoms with Gasteiger partial charge in [-0.3, -0.25) is 0 Å². The van der Waals surface area contributed by atoms with Gasteiger partial charge in [0.1, 0.15) is 0 Å². The zero-order chi connectivity index (χ0) is 9.68. The molecule has 0 aromatic heterocycles. The van der Waals surface area contributed by atoms with Gasteiger partial charge in [-0.05, 0) is 44.2 Å². The van der Waals surface area contributed by atoms with Gasteiger partial charge in [-0.15, -0.1) is 11.6 Å². The fourth-order valence-corrected chi connectivity index (χ4v) is 2.27. The lowest BCUT2D eigenvalue weighted by atomic mass is 10.1. The first-order valence-corrected chi connectivity index (χ1v) is 5.98. The van der Waals surface area contributed by atoms with Crippen molar-refractivity contribution in [2.24, 2.45) is 11.8 Å². The van der Waals surface area contributed by atoms with Crippen LogP contribution in [0.3, 0.4) is 0 Å². The molecule has 2 unspecified atom stereocenters. The molecule has 0 spiro atoms. The fourth-order valence-electron chi connectivity index (χ4n) is 1.90. The molecule has 1 aliphatic rings. The summed E-state index contributed by atoms with van der Waals surface area (Å²) in [6.07, 6.45) is 5.14. The zero-order valence-corrected chi connectivity index (χ0v) is 9.61. The van der Waals surface area contributed by atoms with Crippen molar-refractivity contribution < 1.29 is 0 Å². The van der Waals surface area contributed by atoms with Crippen LogP contribution in [0.4, 0.5) is 0 Å². The first kappa shape index (κ1) is 11.3. The molecule has 0 saturated heterocycles. The van der Waals surface area contributed by atoms with Gasteiger partial charge in [-0.25, -0.2) is 0 Å².